The molecule has 6 rings (SSSR count). The van der Waals surface area contributed by atoms with Crippen molar-refractivity contribution in [2.24, 2.45) is 28.1 Å². The number of aliphatic hydroxyl groups is 6. The van der Waals surface area contributed by atoms with Gasteiger partial charge in [0.1, 0.15) is 55.4 Å². The van der Waals surface area contributed by atoms with Gasteiger partial charge in [0.2, 0.25) is 0 Å². The van der Waals surface area contributed by atoms with Crippen molar-refractivity contribution >= 4 is 11.9 Å². The summed E-state index contributed by atoms with van der Waals surface area (Å²) in [6.07, 6.45) is -8.85. The summed E-state index contributed by atoms with van der Waals surface area (Å²) in [5.41, 5.74) is -1.22. The van der Waals surface area contributed by atoms with Crippen molar-refractivity contribution in [1.82, 2.24) is 0 Å². The Bertz CT molecular complexity index is 1260. The van der Waals surface area contributed by atoms with Gasteiger partial charge in [-0.15, -0.1) is 0 Å². The molecule has 2 saturated heterocycles. The molecule has 16 atom stereocenters. The predicted molar refractivity (Wildman–Crippen MR) is 164 cm³/mol. The van der Waals surface area contributed by atoms with E-state index in [1.54, 1.807) is 0 Å². The molecule has 14 nitrogen and oxygen atoms in total. The van der Waals surface area contributed by atoms with E-state index in [0.29, 0.717) is 25.7 Å². The van der Waals surface area contributed by atoms with Crippen LogP contribution in [-0.4, -0.2) is 128 Å². The van der Waals surface area contributed by atoms with E-state index in [9.17, 15) is 45.3 Å². The van der Waals surface area contributed by atoms with Crippen molar-refractivity contribution < 1.29 is 69.0 Å². The summed E-state index contributed by atoms with van der Waals surface area (Å²) in [6, 6.07) is 0. The van der Waals surface area contributed by atoms with Crippen molar-refractivity contribution in [2.45, 2.75) is 146 Å². The van der Waals surface area contributed by atoms with Gasteiger partial charge in [-0.2, -0.15) is 0 Å². The third-order valence-electron chi connectivity index (χ3n) is 13.2. The fraction of sp³-hybridized carbons (Fsp3) is 0.882. The van der Waals surface area contributed by atoms with E-state index < -0.39 is 91.0 Å². The Kier molecular flexibility index (Phi) is 9.62. The highest BCUT2D eigenvalue weighted by Crippen LogP contribution is 2.73. The lowest BCUT2D eigenvalue weighted by Gasteiger charge is -2.64. The number of hydrogen-bond donors (Lipinski definition) is 7. The molecule has 0 aromatic rings. The van der Waals surface area contributed by atoms with Crippen molar-refractivity contribution in [3.63, 3.8) is 0 Å². The van der Waals surface area contributed by atoms with Crippen LogP contribution in [0, 0.1) is 28.1 Å². The summed E-state index contributed by atoms with van der Waals surface area (Å²) in [6.45, 7) is 8.75. The minimum Gasteiger partial charge on any atom is -0.481 e. The lowest BCUT2D eigenvalue weighted by molar-refractivity contribution is -0.378. The van der Waals surface area contributed by atoms with Crippen LogP contribution in [0.3, 0.4) is 0 Å². The zero-order valence-corrected chi connectivity index (χ0v) is 27.9. The number of aliphatic hydroxyl groups excluding tert-OH is 6. The molecule has 2 aliphatic heterocycles. The topological polar surface area (TPSA) is 222 Å². The standard InChI is InChI=1S/C34H52O14/c1-16-12-33-10-6-20-31(3,8-5-9-32(20,4)30(42)43)21(33)7-11-34(16,15-33)48-29-27(25(40)23(38)19(46-29)14-44-17(2)36)47-28-26(41)24(39)22(37)18(13-35)45-28/h18-29,35,37-41H,1,5-15H2,2-4H3,(H,42,43)/t18-,19-,20+,21+,22-,23-,24+,25+,26-,27-,28+,29+,31-,32-,33-,34+/m1/s1. The average molecular weight is 685 g/mol. The van der Waals surface area contributed by atoms with E-state index >= 15 is 0 Å². The molecule has 0 aromatic heterocycles. The summed E-state index contributed by atoms with van der Waals surface area (Å²) in [4.78, 5) is 24.2. The van der Waals surface area contributed by atoms with E-state index in [1.807, 2.05) is 6.92 Å². The number of hydrogen-bond acceptors (Lipinski definition) is 13. The predicted octanol–water partition coefficient (Wildman–Crippen LogP) is 0.374. The molecule has 4 aliphatic carbocycles. The molecule has 0 radical (unpaired) electrons. The van der Waals surface area contributed by atoms with Crippen LogP contribution in [0.2, 0.25) is 0 Å². The van der Waals surface area contributed by atoms with Crippen LogP contribution in [0.5, 0.6) is 0 Å². The number of carboxylic acid groups (broad SMARTS) is 1. The molecule has 6 aliphatic rings. The molecule has 48 heavy (non-hydrogen) atoms. The fourth-order valence-corrected chi connectivity index (χ4v) is 10.8. The Morgan fingerprint density at radius 2 is 1.54 bits per heavy atom. The van der Waals surface area contributed by atoms with E-state index in [2.05, 4.69) is 13.5 Å². The first kappa shape index (κ1) is 36.1. The molecule has 272 valence electrons. The lowest BCUT2D eigenvalue weighted by Crippen LogP contribution is -2.65. The molecule has 2 heterocycles. The summed E-state index contributed by atoms with van der Waals surface area (Å²) < 4.78 is 29.6. The van der Waals surface area contributed by atoms with Gasteiger partial charge in [0.05, 0.1) is 17.6 Å². The van der Waals surface area contributed by atoms with Crippen LogP contribution in [0.15, 0.2) is 12.2 Å². The zero-order valence-electron chi connectivity index (χ0n) is 27.9. The number of esters is 1. The Morgan fingerprint density at radius 1 is 0.875 bits per heavy atom. The van der Waals surface area contributed by atoms with Gasteiger partial charge in [0, 0.05) is 6.92 Å². The number of carboxylic acids is 1. The minimum atomic E-state index is -1.78. The van der Waals surface area contributed by atoms with Crippen LogP contribution in [-0.2, 0) is 33.3 Å². The summed E-state index contributed by atoms with van der Waals surface area (Å²) in [5.74, 6) is -1.06. The Morgan fingerprint density at radius 3 is 2.21 bits per heavy atom. The first-order valence-corrected chi connectivity index (χ1v) is 17.2. The van der Waals surface area contributed by atoms with E-state index in [0.717, 1.165) is 37.7 Å². The number of fused-ring (bicyclic) bond motifs is 3. The molecule has 4 saturated carbocycles. The maximum absolute atomic E-state index is 12.5. The second-order valence-corrected chi connectivity index (χ2v) is 15.8. The van der Waals surface area contributed by atoms with Crippen molar-refractivity contribution in [1.29, 1.82) is 0 Å². The Hall–Kier alpha value is -1.72. The van der Waals surface area contributed by atoms with Crippen LogP contribution < -0.4 is 0 Å². The summed E-state index contributed by atoms with van der Waals surface area (Å²) in [5, 5.41) is 73.6. The third-order valence-corrected chi connectivity index (χ3v) is 13.2. The molecule has 0 aromatic carbocycles. The van der Waals surface area contributed by atoms with E-state index in [-0.39, 0.29) is 29.3 Å². The van der Waals surface area contributed by atoms with Crippen molar-refractivity contribution in [2.75, 3.05) is 13.2 Å². The lowest BCUT2D eigenvalue weighted by atomic mass is 9.41. The maximum Gasteiger partial charge on any atom is 0.309 e. The van der Waals surface area contributed by atoms with Gasteiger partial charge in [0.25, 0.3) is 0 Å². The van der Waals surface area contributed by atoms with E-state index in [4.69, 9.17) is 23.7 Å². The van der Waals surface area contributed by atoms with E-state index in [1.165, 1.54) is 6.92 Å². The second kappa shape index (κ2) is 12.8. The molecular weight excluding hydrogens is 632 g/mol. The van der Waals surface area contributed by atoms with Gasteiger partial charge in [-0.1, -0.05) is 19.9 Å². The summed E-state index contributed by atoms with van der Waals surface area (Å²) in [7, 11) is 0. The Balaban J connectivity index is 1.28. The first-order valence-electron chi connectivity index (χ1n) is 17.2. The fourth-order valence-electron chi connectivity index (χ4n) is 10.8. The molecule has 1 spiro atoms. The highest BCUT2D eigenvalue weighted by molar-refractivity contribution is 5.75. The number of ether oxygens (including phenoxy) is 5. The van der Waals surface area contributed by atoms with Gasteiger partial charge in [-0.25, -0.2) is 0 Å². The largest absolute Gasteiger partial charge is 0.481 e. The second-order valence-electron chi connectivity index (χ2n) is 15.8. The molecule has 6 fully saturated rings. The molecule has 0 unspecified atom stereocenters. The van der Waals surface area contributed by atoms with Gasteiger partial charge in [-0.05, 0) is 86.5 Å². The maximum atomic E-state index is 12.5. The number of carbonyl (C=O) groups excluding carboxylic acids is 1. The van der Waals surface area contributed by atoms with Crippen LogP contribution in [0.4, 0.5) is 0 Å². The SMILES string of the molecule is C=C1C[C@@]23CC[C@H]4[C@@](C)(CCC[C@@]4(C)C(=O)O)[C@@H]2CC[C@]1(O[C@@H]1O[C@H](COC(C)=O)[C@@H](O)[C@H](O)[C@H]1O[C@@H]1O[C@H](CO)[C@@H](O)[C@H](O)[C@H]1O)C3. The Labute approximate surface area is 280 Å². The smallest absolute Gasteiger partial charge is 0.309 e. The highest BCUT2D eigenvalue weighted by atomic mass is 16.8. The minimum absolute atomic E-state index is 0.0471. The van der Waals surface area contributed by atoms with Crippen LogP contribution in [0.1, 0.15) is 78.6 Å². The molecule has 0 amide bonds. The van der Waals surface area contributed by atoms with Gasteiger partial charge < -0.3 is 59.4 Å². The van der Waals surface area contributed by atoms with Crippen LogP contribution in [0.25, 0.3) is 0 Å². The molecular formula is C34H52O14. The van der Waals surface area contributed by atoms with Crippen molar-refractivity contribution in [3.8, 4) is 0 Å². The third kappa shape index (κ3) is 5.64. The van der Waals surface area contributed by atoms with Gasteiger partial charge in [0.15, 0.2) is 12.6 Å². The summed E-state index contributed by atoms with van der Waals surface area (Å²) >= 11 is 0. The molecule has 14 heteroatoms. The first-order chi connectivity index (χ1) is 22.5. The van der Waals surface area contributed by atoms with Gasteiger partial charge >= 0.3 is 11.9 Å². The zero-order chi connectivity index (χ0) is 35.0. The number of rotatable bonds is 8. The number of aliphatic carboxylic acids is 1. The highest BCUT2D eigenvalue weighted by Gasteiger charge is 2.69. The van der Waals surface area contributed by atoms with Crippen LogP contribution >= 0.6 is 0 Å². The monoisotopic (exact) mass is 684 g/mol. The van der Waals surface area contributed by atoms with Gasteiger partial charge in [-0.3, -0.25) is 9.59 Å². The molecule has 7 N–H and O–H groups in total. The normalized spacial score (nSPS) is 51.9. The number of carbonyl (C=O) groups is 2. The molecule has 2 bridgehead atoms. The van der Waals surface area contributed by atoms with Crippen molar-refractivity contribution in [3.05, 3.63) is 12.2 Å². The average Bonchev–Trinajstić information content (AvgIpc) is 3.23. The quantitative estimate of drug-likeness (QED) is 0.104.